The first kappa shape index (κ1) is 13.9. The molecule has 1 saturated heterocycles. The number of likely N-dealkylation sites (N-methyl/N-ethyl adjacent to an activating group) is 1. The van der Waals surface area contributed by atoms with Crippen LogP contribution in [0.15, 0.2) is 30.3 Å². The van der Waals surface area contributed by atoms with Crippen LogP contribution in [-0.2, 0) is 11.2 Å². The van der Waals surface area contributed by atoms with Crippen molar-refractivity contribution in [1.82, 2.24) is 4.90 Å². The fraction of sp³-hybridized carbons (Fsp3) is 0.533. The minimum Gasteiger partial charge on any atom is -0.438 e. The molecule has 1 fully saturated rings. The van der Waals surface area contributed by atoms with Crippen LogP contribution in [0.3, 0.4) is 0 Å². The highest BCUT2D eigenvalue weighted by Crippen LogP contribution is 2.40. The molecule has 4 heteroatoms. The van der Waals surface area contributed by atoms with E-state index in [1.54, 1.807) is 13.8 Å². The summed E-state index contributed by atoms with van der Waals surface area (Å²) in [5.74, 6) is 0. The van der Waals surface area contributed by atoms with Crippen molar-refractivity contribution in [3.05, 3.63) is 35.9 Å². The summed E-state index contributed by atoms with van der Waals surface area (Å²) in [4.78, 5) is 13.2. The van der Waals surface area contributed by atoms with Gasteiger partial charge in [-0.25, -0.2) is 4.79 Å². The number of hydrogen-bond donors (Lipinski definition) is 1. The molecule has 4 nitrogen and oxygen atoms in total. The topological polar surface area (TPSA) is 49.8 Å². The second-order valence-corrected chi connectivity index (χ2v) is 5.35. The van der Waals surface area contributed by atoms with E-state index >= 15 is 0 Å². The van der Waals surface area contributed by atoms with Crippen molar-refractivity contribution in [3.8, 4) is 0 Å². The molecular weight excluding hydrogens is 242 g/mol. The molecular formula is C15H21NO3. The lowest BCUT2D eigenvalue weighted by molar-refractivity contribution is -0.138. The molecule has 0 saturated carbocycles. The Morgan fingerprint density at radius 2 is 1.89 bits per heavy atom. The van der Waals surface area contributed by atoms with E-state index in [0.717, 1.165) is 6.42 Å². The molecule has 1 N–H and O–H groups in total. The molecule has 0 radical (unpaired) electrons. The summed E-state index contributed by atoms with van der Waals surface area (Å²) in [6.45, 7) is 5.71. The first-order valence-corrected chi connectivity index (χ1v) is 6.67. The van der Waals surface area contributed by atoms with Gasteiger partial charge in [-0.1, -0.05) is 30.3 Å². The van der Waals surface area contributed by atoms with Gasteiger partial charge >= 0.3 is 6.09 Å². The zero-order valence-corrected chi connectivity index (χ0v) is 11.7. The number of amides is 1. The van der Waals surface area contributed by atoms with Crippen LogP contribution in [0.2, 0.25) is 0 Å². The van der Waals surface area contributed by atoms with Gasteiger partial charge in [-0.3, -0.25) is 4.90 Å². The maximum atomic E-state index is 11.8. The van der Waals surface area contributed by atoms with Crippen molar-refractivity contribution in [3.63, 3.8) is 0 Å². The number of cyclic esters (lactones) is 1. The summed E-state index contributed by atoms with van der Waals surface area (Å²) in [7, 11) is 0. The number of rotatable bonds is 4. The van der Waals surface area contributed by atoms with Crippen LogP contribution in [0.25, 0.3) is 0 Å². The standard InChI is InChI=1S/C15H21NO3/c1-4-16-13(17)19-14(2,15(16,3)18)11-10-12-8-6-5-7-9-12/h5-9,18H,4,10-11H2,1-3H3/t14-,15+/m1/s1. The molecule has 0 unspecified atom stereocenters. The smallest absolute Gasteiger partial charge is 0.412 e. The molecule has 1 aliphatic heterocycles. The fourth-order valence-corrected chi connectivity index (χ4v) is 2.56. The highest BCUT2D eigenvalue weighted by atomic mass is 16.6. The lowest BCUT2D eigenvalue weighted by Gasteiger charge is -2.37. The van der Waals surface area contributed by atoms with E-state index in [-0.39, 0.29) is 0 Å². The lowest BCUT2D eigenvalue weighted by Crippen LogP contribution is -2.55. The second kappa shape index (κ2) is 4.85. The van der Waals surface area contributed by atoms with Gasteiger partial charge in [0.2, 0.25) is 0 Å². The summed E-state index contributed by atoms with van der Waals surface area (Å²) in [6.07, 6.45) is 0.910. The molecule has 2 rings (SSSR count). The first-order valence-electron chi connectivity index (χ1n) is 6.67. The van der Waals surface area contributed by atoms with Crippen molar-refractivity contribution in [2.45, 2.75) is 44.9 Å². The van der Waals surface area contributed by atoms with Crippen LogP contribution < -0.4 is 0 Å². The number of nitrogens with zero attached hydrogens (tertiary/aromatic N) is 1. The highest BCUT2D eigenvalue weighted by molar-refractivity contribution is 5.72. The Morgan fingerprint density at radius 1 is 1.26 bits per heavy atom. The van der Waals surface area contributed by atoms with E-state index < -0.39 is 17.4 Å². The third kappa shape index (κ3) is 2.32. The predicted molar refractivity (Wildman–Crippen MR) is 72.7 cm³/mol. The Balaban J connectivity index is 2.13. The van der Waals surface area contributed by atoms with Gasteiger partial charge in [0, 0.05) is 6.54 Å². The largest absolute Gasteiger partial charge is 0.438 e. The van der Waals surface area contributed by atoms with Crippen molar-refractivity contribution in [2.24, 2.45) is 0 Å². The lowest BCUT2D eigenvalue weighted by atomic mass is 9.87. The molecule has 104 valence electrons. The van der Waals surface area contributed by atoms with Gasteiger partial charge < -0.3 is 9.84 Å². The number of aliphatic hydroxyl groups is 1. The van der Waals surface area contributed by atoms with Gasteiger partial charge in [-0.05, 0) is 39.2 Å². The maximum absolute atomic E-state index is 11.8. The molecule has 19 heavy (non-hydrogen) atoms. The SMILES string of the molecule is CCN1C(=O)O[C@](C)(CCc2ccccc2)[C@]1(C)O. The van der Waals surface area contributed by atoms with Crippen molar-refractivity contribution in [1.29, 1.82) is 0 Å². The summed E-state index contributed by atoms with van der Waals surface area (Å²) in [6, 6.07) is 10.00. The summed E-state index contributed by atoms with van der Waals surface area (Å²) in [5.41, 5.74) is -0.977. The quantitative estimate of drug-likeness (QED) is 0.908. The molecule has 1 aliphatic rings. The van der Waals surface area contributed by atoms with Gasteiger partial charge in [0.25, 0.3) is 0 Å². The molecule has 1 aromatic rings. The number of hydrogen-bond acceptors (Lipinski definition) is 3. The average molecular weight is 263 g/mol. The van der Waals surface area contributed by atoms with Crippen LogP contribution in [-0.4, -0.2) is 34.0 Å². The van der Waals surface area contributed by atoms with Gasteiger partial charge in [0.05, 0.1) is 0 Å². The molecule has 1 heterocycles. The Hall–Kier alpha value is -1.55. The molecule has 0 spiro atoms. The fourth-order valence-electron chi connectivity index (χ4n) is 2.56. The zero-order chi connectivity index (χ0) is 14.1. The van der Waals surface area contributed by atoms with Crippen LogP contribution in [0.5, 0.6) is 0 Å². The molecule has 0 aromatic heterocycles. The van der Waals surface area contributed by atoms with E-state index in [4.69, 9.17) is 4.74 Å². The number of aryl methyl sites for hydroxylation is 1. The number of ether oxygens (including phenoxy) is 1. The van der Waals surface area contributed by atoms with Gasteiger partial charge in [0.1, 0.15) is 0 Å². The minimum absolute atomic E-state index is 0.437. The van der Waals surface area contributed by atoms with Gasteiger partial charge in [-0.2, -0.15) is 0 Å². The molecule has 1 amide bonds. The van der Waals surface area contributed by atoms with E-state index in [1.165, 1.54) is 10.5 Å². The third-order valence-electron chi connectivity index (χ3n) is 4.11. The minimum atomic E-state index is -1.27. The van der Waals surface area contributed by atoms with Gasteiger partial charge in [-0.15, -0.1) is 0 Å². The van der Waals surface area contributed by atoms with Crippen LogP contribution in [0.1, 0.15) is 32.8 Å². The number of benzene rings is 1. The molecule has 0 aliphatic carbocycles. The van der Waals surface area contributed by atoms with Crippen molar-refractivity contribution >= 4 is 6.09 Å². The van der Waals surface area contributed by atoms with Crippen molar-refractivity contribution in [2.75, 3.05) is 6.54 Å². The van der Waals surface area contributed by atoms with Crippen molar-refractivity contribution < 1.29 is 14.6 Å². The molecule has 0 bridgehead atoms. The normalized spacial score (nSPS) is 30.5. The van der Waals surface area contributed by atoms with E-state index in [2.05, 4.69) is 0 Å². The predicted octanol–water partition coefficient (Wildman–Crippen LogP) is 2.56. The van der Waals surface area contributed by atoms with E-state index in [9.17, 15) is 9.90 Å². The Kier molecular flexibility index (Phi) is 3.54. The maximum Gasteiger partial charge on any atom is 0.412 e. The summed E-state index contributed by atoms with van der Waals surface area (Å²) in [5, 5.41) is 10.6. The average Bonchev–Trinajstić information content (AvgIpc) is 2.54. The summed E-state index contributed by atoms with van der Waals surface area (Å²) < 4.78 is 5.43. The first-order chi connectivity index (χ1) is 8.90. The number of carbonyl (C=O) groups excluding carboxylic acids is 1. The second-order valence-electron chi connectivity index (χ2n) is 5.35. The summed E-state index contributed by atoms with van der Waals surface area (Å²) >= 11 is 0. The Morgan fingerprint density at radius 3 is 2.42 bits per heavy atom. The van der Waals surface area contributed by atoms with Gasteiger partial charge in [0.15, 0.2) is 11.3 Å². The number of carbonyl (C=O) groups is 1. The third-order valence-corrected chi connectivity index (χ3v) is 4.11. The van der Waals surface area contributed by atoms with Crippen LogP contribution in [0.4, 0.5) is 4.79 Å². The highest BCUT2D eigenvalue weighted by Gasteiger charge is 2.58. The monoisotopic (exact) mass is 263 g/mol. The van der Waals surface area contributed by atoms with E-state index in [1.807, 2.05) is 37.3 Å². The van der Waals surface area contributed by atoms with Crippen LogP contribution in [0, 0.1) is 0 Å². The Bertz CT molecular complexity index is 458. The van der Waals surface area contributed by atoms with E-state index in [0.29, 0.717) is 13.0 Å². The van der Waals surface area contributed by atoms with Crippen LogP contribution >= 0.6 is 0 Å². The Labute approximate surface area is 114 Å². The molecule has 2 atom stereocenters. The zero-order valence-electron chi connectivity index (χ0n) is 11.7. The molecule has 1 aromatic carbocycles.